The zero-order valence-corrected chi connectivity index (χ0v) is 16.2. The van der Waals surface area contributed by atoms with Crippen molar-refractivity contribution in [1.29, 1.82) is 5.26 Å². The molecule has 0 radical (unpaired) electrons. The number of benzene rings is 1. The number of nitrogens with zero attached hydrogens (tertiary/aromatic N) is 1. The highest BCUT2D eigenvalue weighted by Gasteiger charge is 2.34. The molecule has 1 unspecified atom stereocenters. The molecule has 2 aromatic rings. The molecule has 1 aromatic carbocycles. The maximum Gasteiger partial charge on any atom is 0.343 e. The molecule has 146 valence electrons. The summed E-state index contributed by atoms with van der Waals surface area (Å²) >= 11 is 0. The molecule has 2 N–H and O–H groups in total. The first-order valence-electron chi connectivity index (χ1n) is 9.01. The zero-order chi connectivity index (χ0) is 20.4. The second-order valence-corrected chi connectivity index (χ2v) is 6.65. The Labute approximate surface area is 162 Å². The molecule has 7 heteroatoms. The monoisotopic (exact) mass is 382 g/mol. The van der Waals surface area contributed by atoms with Crippen molar-refractivity contribution in [2.75, 3.05) is 6.61 Å². The Hall–Kier alpha value is -3.40. The molecule has 0 aliphatic carbocycles. The smallest absolute Gasteiger partial charge is 0.343 e. The molecule has 28 heavy (non-hydrogen) atoms. The van der Waals surface area contributed by atoms with Gasteiger partial charge in [0.05, 0.1) is 24.2 Å². The predicted octanol–water partition coefficient (Wildman–Crippen LogP) is 3.35. The summed E-state index contributed by atoms with van der Waals surface area (Å²) in [6.07, 6.45) is -0.0332. The third-order valence-electron chi connectivity index (χ3n) is 4.22. The largest absolute Gasteiger partial charge is 0.490 e. The second kappa shape index (κ2) is 7.69. The number of aryl methyl sites for hydroxylation is 1. The maximum atomic E-state index is 12.6. The van der Waals surface area contributed by atoms with Gasteiger partial charge in [0, 0.05) is 6.07 Å². The summed E-state index contributed by atoms with van der Waals surface area (Å²) in [6.45, 7) is 7.79. The summed E-state index contributed by atoms with van der Waals surface area (Å²) < 4.78 is 22.3. The number of hydrogen-bond donors (Lipinski definition) is 1. The summed E-state index contributed by atoms with van der Waals surface area (Å²) in [7, 11) is 0. The Morgan fingerprint density at radius 2 is 2.04 bits per heavy atom. The van der Waals surface area contributed by atoms with Crippen LogP contribution in [0.5, 0.6) is 17.2 Å². The number of fused-ring (bicyclic) bond motifs is 1. The van der Waals surface area contributed by atoms with Crippen molar-refractivity contribution < 1.29 is 18.6 Å². The van der Waals surface area contributed by atoms with Crippen molar-refractivity contribution in [3.63, 3.8) is 0 Å². The number of ether oxygens (including phenoxy) is 3. The van der Waals surface area contributed by atoms with E-state index in [-0.39, 0.29) is 28.9 Å². The van der Waals surface area contributed by atoms with E-state index >= 15 is 0 Å². The molecule has 0 saturated heterocycles. The number of hydrogen-bond acceptors (Lipinski definition) is 7. The first kappa shape index (κ1) is 19.4. The number of rotatable bonds is 5. The minimum atomic E-state index is -0.724. The van der Waals surface area contributed by atoms with Crippen LogP contribution >= 0.6 is 0 Å². The van der Waals surface area contributed by atoms with E-state index in [0.717, 1.165) is 0 Å². The number of nitriles is 1. The van der Waals surface area contributed by atoms with Gasteiger partial charge in [-0.05, 0) is 45.4 Å². The van der Waals surface area contributed by atoms with E-state index in [1.807, 2.05) is 20.8 Å². The van der Waals surface area contributed by atoms with Crippen molar-refractivity contribution in [1.82, 2.24) is 0 Å². The van der Waals surface area contributed by atoms with Crippen molar-refractivity contribution in [2.45, 2.75) is 39.7 Å². The van der Waals surface area contributed by atoms with E-state index in [1.165, 1.54) is 0 Å². The summed E-state index contributed by atoms with van der Waals surface area (Å²) in [4.78, 5) is 12.6. The number of nitrogens with two attached hydrogens (primary N) is 1. The van der Waals surface area contributed by atoms with Crippen LogP contribution in [-0.2, 0) is 0 Å². The maximum absolute atomic E-state index is 12.6. The Balaban J connectivity index is 2.21. The molecule has 2 heterocycles. The van der Waals surface area contributed by atoms with Gasteiger partial charge >= 0.3 is 5.63 Å². The van der Waals surface area contributed by atoms with Gasteiger partial charge < -0.3 is 24.4 Å². The molecule has 0 saturated carbocycles. The summed E-state index contributed by atoms with van der Waals surface area (Å²) in [5.41, 5.74) is 6.43. The molecule has 1 aromatic heterocycles. The van der Waals surface area contributed by atoms with E-state index in [0.29, 0.717) is 29.4 Å². The molecule has 0 bridgehead atoms. The molecule has 0 fully saturated rings. The molecule has 1 aliphatic rings. The average molecular weight is 382 g/mol. The second-order valence-electron chi connectivity index (χ2n) is 6.65. The van der Waals surface area contributed by atoms with Gasteiger partial charge in [-0.15, -0.1) is 0 Å². The van der Waals surface area contributed by atoms with Gasteiger partial charge in [0.2, 0.25) is 5.88 Å². The molecular weight excluding hydrogens is 360 g/mol. The van der Waals surface area contributed by atoms with E-state index in [2.05, 4.69) is 6.07 Å². The Bertz CT molecular complexity index is 1030. The summed E-state index contributed by atoms with van der Waals surface area (Å²) in [5.74, 6) is 1.03. The van der Waals surface area contributed by atoms with E-state index < -0.39 is 11.5 Å². The Morgan fingerprint density at radius 3 is 2.68 bits per heavy atom. The molecule has 1 aliphatic heterocycles. The Kier molecular flexibility index (Phi) is 5.32. The molecule has 0 spiro atoms. The third kappa shape index (κ3) is 3.54. The van der Waals surface area contributed by atoms with Gasteiger partial charge in [-0.2, -0.15) is 5.26 Å². The fourth-order valence-electron chi connectivity index (χ4n) is 3.17. The minimum Gasteiger partial charge on any atom is -0.490 e. The van der Waals surface area contributed by atoms with Gasteiger partial charge in [0.1, 0.15) is 23.2 Å². The van der Waals surface area contributed by atoms with Crippen molar-refractivity contribution in [3.8, 4) is 23.3 Å². The van der Waals surface area contributed by atoms with Gasteiger partial charge in [0.25, 0.3) is 0 Å². The van der Waals surface area contributed by atoms with Gasteiger partial charge in [-0.3, -0.25) is 0 Å². The molecule has 0 amide bonds. The van der Waals surface area contributed by atoms with Crippen molar-refractivity contribution >= 4 is 0 Å². The van der Waals surface area contributed by atoms with Gasteiger partial charge in [0.15, 0.2) is 11.5 Å². The first-order valence-corrected chi connectivity index (χ1v) is 9.01. The highest BCUT2D eigenvalue weighted by atomic mass is 16.5. The highest BCUT2D eigenvalue weighted by molar-refractivity contribution is 5.57. The quantitative estimate of drug-likeness (QED) is 0.845. The highest BCUT2D eigenvalue weighted by Crippen LogP contribution is 2.42. The lowest BCUT2D eigenvalue weighted by Gasteiger charge is -2.26. The van der Waals surface area contributed by atoms with Crippen LogP contribution in [0.15, 0.2) is 44.9 Å². The summed E-state index contributed by atoms with van der Waals surface area (Å²) in [5, 5.41) is 9.65. The molecular formula is C21H22N2O5. The topological polar surface area (TPSA) is 108 Å². The SMILES string of the molecule is CCOc1cc(C2C(C#N)=C(N)Oc3cc(C)oc(=O)c32)ccc1OC(C)C. The van der Waals surface area contributed by atoms with Crippen LogP contribution in [0.25, 0.3) is 0 Å². The summed E-state index contributed by atoms with van der Waals surface area (Å²) in [6, 6.07) is 8.94. The van der Waals surface area contributed by atoms with Gasteiger partial charge in [-0.25, -0.2) is 4.79 Å². The fourth-order valence-corrected chi connectivity index (χ4v) is 3.17. The Morgan fingerprint density at radius 1 is 1.29 bits per heavy atom. The fraction of sp³-hybridized carbons (Fsp3) is 0.333. The lowest BCUT2D eigenvalue weighted by Crippen LogP contribution is -2.26. The predicted molar refractivity (Wildman–Crippen MR) is 102 cm³/mol. The molecule has 7 nitrogen and oxygen atoms in total. The van der Waals surface area contributed by atoms with Gasteiger partial charge in [-0.1, -0.05) is 6.07 Å². The molecule has 3 rings (SSSR count). The normalized spacial score (nSPS) is 15.6. The first-order chi connectivity index (χ1) is 13.3. The number of allylic oxidation sites excluding steroid dienone is 1. The van der Waals surface area contributed by atoms with Crippen LogP contribution in [0.3, 0.4) is 0 Å². The standard InChI is InChI=1S/C21H22N2O5/c1-5-25-16-9-13(6-7-15(16)26-11(2)3)18-14(10-22)20(23)28-17-8-12(4)27-21(24)19(17)18/h6-9,11,18H,5,23H2,1-4H3. The lowest BCUT2D eigenvalue weighted by molar-refractivity contribution is 0.223. The minimum absolute atomic E-state index is 0.0332. The van der Waals surface area contributed by atoms with Crippen molar-refractivity contribution in [2.24, 2.45) is 5.73 Å². The van der Waals surface area contributed by atoms with E-state index in [9.17, 15) is 10.1 Å². The van der Waals surface area contributed by atoms with Crippen LogP contribution in [0.1, 0.15) is 43.6 Å². The van der Waals surface area contributed by atoms with Crippen LogP contribution in [0, 0.1) is 18.3 Å². The van der Waals surface area contributed by atoms with E-state index in [4.69, 9.17) is 24.4 Å². The van der Waals surface area contributed by atoms with Crippen LogP contribution in [0.2, 0.25) is 0 Å². The third-order valence-corrected chi connectivity index (χ3v) is 4.22. The van der Waals surface area contributed by atoms with Crippen LogP contribution < -0.4 is 25.6 Å². The molecule has 1 atom stereocenters. The average Bonchev–Trinajstić information content (AvgIpc) is 2.61. The lowest BCUT2D eigenvalue weighted by atomic mass is 9.84. The van der Waals surface area contributed by atoms with Crippen LogP contribution in [-0.4, -0.2) is 12.7 Å². The zero-order valence-electron chi connectivity index (χ0n) is 16.2. The van der Waals surface area contributed by atoms with Crippen molar-refractivity contribution in [3.05, 3.63) is 63.0 Å². The van der Waals surface area contributed by atoms with E-state index in [1.54, 1.807) is 31.2 Å². The van der Waals surface area contributed by atoms with Crippen LogP contribution in [0.4, 0.5) is 0 Å².